The van der Waals surface area contributed by atoms with Crippen molar-refractivity contribution in [1.29, 1.82) is 0 Å². The van der Waals surface area contributed by atoms with E-state index >= 15 is 0 Å². The second-order valence-electron chi connectivity index (χ2n) is 4.65. The summed E-state index contributed by atoms with van der Waals surface area (Å²) >= 11 is 3.19. The molecule has 0 fully saturated rings. The van der Waals surface area contributed by atoms with E-state index in [4.69, 9.17) is 4.74 Å². The molecule has 4 nitrogen and oxygen atoms in total. The van der Waals surface area contributed by atoms with Crippen LogP contribution in [0, 0.1) is 6.92 Å². The molecule has 1 N–H and O–H groups in total. The molecule has 1 aromatic heterocycles. The number of aryl methyl sites for hydroxylation is 1. The third-order valence-corrected chi connectivity index (χ3v) is 3.46. The lowest BCUT2D eigenvalue weighted by Crippen LogP contribution is -2.08. The first-order valence-electron chi connectivity index (χ1n) is 6.00. The zero-order chi connectivity index (χ0) is 14.0. The van der Waals surface area contributed by atoms with E-state index in [2.05, 4.69) is 39.7 Å². The van der Waals surface area contributed by atoms with Crippen molar-refractivity contribution in [2.75, 3.05) is 0 Å². The average Bonchev–Trinajstić information content (AvgIpc) is 2.35. The first kappa shape index (κ1) is 13.8. The van der Waals surface area contributed by atoms with Gasteiger partial charge in [0.15, 0.2) is 0 Å². The summed E-state index contributed by atoms with van der Waals surface area (Å²) in [7, 11) is 0. The highest BCUT2D eigenvalue weighted by Crippen LogP contribution is 2.32. The molecule has 5 heteroatoms. The zero-order valence-electron chi connectivity index (χ0n) is 11.0. The number of nitrogens with one attached hydrogen (secondary N) is 1. The fraction of sp³-hybridized carbons (Fsp3) is 0.286. The molecular formula is C14H15BrN2O2. The van der Waals surface area contributed by atoms with Gasteiger partial charge in [-0.2, -0.15) is 0 Å². The number of halogens is 1. The van der Waals surface area contributed by atoms with Gasteiger partial charge in [-0.15, -0.1) is 0 Å². The van der Waals surface area contributed by atoms with Crippen molar-refractivity contribution in [3.63, 3.8) is 0 Å². The topological polar surface area (TPSA) is 55.0 Å². The number of nitrogens with zero attached hydrogens (tertiary/aromatic N) is 1. The van der Waals surface area contributed by atoms with Crippen LogP contribution in [0.15, 0.2) is 33.8 Å². The Labute approximate surface area is 120 Å². The molecule has 2 rings (SSSR count). The highest BCUT2D eigenvalue weighted by atomic mass is 79.9. The number of hydrogen-bond donors (Lipinski definition) is 1. The number of H-pyrrole nitrogens is 1. The van der Waals surface area contributed by atoms with Crippen LogP contribution in [0.2, 0.25) is 0 Å². The van der Waals surface area contributed by atoms with Gasteiger partial charge >= 0.3 is 0 Å². The molecule has 100 valence electrons. The first-order chi connectivity index (χ1) is 8.99. The molecule has 0 saturated heterocycles. The normalized spacial score (nSPS) is 10.8. The zero-order valence-corrected chi connectivity index (χ0v) is 12.6. The van der Waals surface area contributed by atoms with Gasteiger partial charge in [-0.05, 0) is 46.0 Å². The fourth-order valence-electron chi connectivity index (χ4n) is 1.75. The van der Waals surface area contributed by atoms with E-state index in [1.165, 1.54) is 6.33 Å². The predicted molar refractivity (Wildman–Crippen MR) is 77.9 cm³/mol. The van der Waals surface area contributed by atoms with Crippen LogP contribution in [-0.4, -0.2) is 9.97 Å². The van der Waals surface area contributed by atoms with Crippen molar-refractivity contribution in [1.82, 2.24) is 9.97 Å². The van der Waals surface area contributed by atoms with Crippen LogP contribution < -0.4 is 10.3 Å². The Morgan fingerprint density at radius 3 is 2.79 bits per heavy atom. The van der Waals surface area contributed by atoms with Crippen LogP contribution in [0.1, 0.15) is 30.9 Å². The fourth-order valence-corrected chi connectivity index (χ4v) is 2.05. The van der Waals surface area contributed by atoms with Gasteiger partial charge in [0.05, 0.1) is 6.33 Å². The Morgan fingerprint density at radius 1 is 1.37 bits per heavy atom. The van der Waals surface area contributed by atoms with Crippen molar-refractivity contribution in [2.45, 2.75) is 26.7 Å². The number of hydrogen-bond acceptors (Lipinski definition) is 3. The summed E-state index contributed by atoms with van der Waals surface area (Å²) in [6, 6.07) is 6.03. The highest BCUT2D eigenvalue weighted by molar-refractivity contribution is 9.10. The molecule has 1 heterocycles. The van der Waals surface area contributed by atoms with E-state index in [0.717, 1.165) is 16.9 Å². The predicted octanol–water partition coefficient (Wildman–Crippen LogP) is 3.76. The third kappa shape index (κ3) is 3.04. The van der Waals surface area contributed by atoms with E-state index in [1.807, 2.05) is 25.1 Å². The largest absolute Gasteiger partial charge is 0.437 e. The molecule has 0 radical (unpaired) electrons. The summed E-state index contributed by atoms with van der Waals surface area (Å²) < 4.78 is 6.08. The Bertz CT molecular complexity index is 650. The minimum atomic E-state index is -0.260. The molecule has 0 atom stereocenters. The van der Waals surface area contributed by atoms with Gasteiger partial charge in [-0.3, -0.25) is 4.79 Å². The SMILES string of the molecule is Cc1ccc(C(C)C)c(Oc2nc[nH]c(=O)c2Br)c1. The maximum Gasteiger partial charge on any atom is 0.268 e. The summed E-state index contributed by atoms with van der Waals surface area (Å²) in [5.74, 6) is 1.33. The lowest BCUT2D eigenvalue weighted by molar-refractivity contribution is 0.448. The Balaban J connectivity index is 2.45. The maximum absolute atomic E-state index is 11.5. The standard InChI is InChI=1S/C14H15BrN2O2/c1-8(2)10-5-4-9(3)6-11(10)19-14-12(15)13(18)16-7-17-14/h4-8H,1-3H3,(H,16,17,18). The summed E-state index contributed by atoms with van der Waals surface area (Å²) in [5, 5.41) is 0. The smallest absolute Gasteiger partial charge is 0.268 e. The summed E-state index contributed by atoms with van der Waals surface area (Å²) in [6.07, 6.45) is 1.33. The molecule has 0 spiro atoms. The van der Waals surface area contributed by atoms with Gasteiger partial charge in [0.2, 0.25) is 5.88 Å². The van der Waals surface area contributed by atoms with Crippen molar-refractivity contribution in [3.8, 4) is 11.6 Å². The molecule has 0 amide bonds. The van der Waals surface area contributed by atoms with Crippen molar-refractivity contribution < 1.29 is 4.74 Å². The van der Waals surface area contributed by atoms with Gasteiger partial charge < -0.3 is 9.72 Å². The molecule has 2 aromatic rings. The molecule has 0 bridgehead atoms. The second-order valence-corrected chi connectivity index (χ2v) is 5.44. The number of benzene rings is 1. The molecule has 0 aliphatic heterocycles. The molecular weight excluding hydrogens is 308 g/mol. The highest BCUT2D eigenvalue weighted by Gasteiger charge is 2.13. The number of ether oxygens (including phenoxy) is 1. The maximum atomic E-state index is 11.5. The molecule has 0 unspecified atom stereocenters. The Morgan fingerprint density at radius 2 is 2.11 bits per heavy atom. The molecule has 19 heavy (non-hydrogen) atoms. The van der Waals surface area contributed by atoms with Crippen LogP contribution in [0.25, 0.3) is 0 Å². The summed E-state index contributed by atoms with van der Waals surface area (Å²) in [5.41, 5.74) is 1.92. The van der Waals surface area contributed by atoms with E-state index in [-0.39, 0.29) is 11.4 Å². The van der Waals surface area contributed by atoms with Gasteiger partial charge in [-0.25, -0.2) is 4.98 Å². The minimum Gasteiger partial charge on any atom is -0.437 e. The number of rotatable bonds is 3. The Kier molecular flexibility index (Phi) is 4.04. The van der Waals surface area contributed by atoms with Gasteiger partial charge in [-0.1, -0.05) is 26.0 Å². The van der Waals surface area contributed by atoms with Gasteiger partial charge in [0, 0.05) is 0 Å². The lowest BCUT2D eigenvalue weighted by atomic mass is 10.0. The van der Waals surface area contributed by atoms with Crippen molar-refractivity contribution in [2.24, 2.45) is 0 Å². The minimum absolute atomic E-state index is 0.260. The third-order valence-electron chi connectivity index (χ3n) is 2.76. The first-order valence-corrected chi connectivity index (χ1v) is 6.80. The summed E-state index contributed by atoms with van der Waals surface area (Å²) in [4.78, 5) is 18.0. The van der Waals surface area contributed by atoms with E-state index < -0.39 is 0 Å². The van der Waals surface area contributed by atoms with E-state index in [1.54, 1.807) is 0 Å². The average molecular weight is 323 g/mol. The monoisotopic (exact) mass is 322 g/mol. The van der Waals surface area contributed by atoms with Crippen LogP contribution >= 0.6 is 15.9 Å². The van der Waals surface area contributed by atoms with Crippen LogP contribution in [0.4, 0.5) is 0 Å². The number of aromatic nitrogens is 2. The Hall–Kier alpha value is -1.62. The molecule has 0 saturated carbocycles. The second kappa shape index (κ2) is 5.57. The number of aromatic amines is 1. The molecule has 0 aliphatic rings. The van der Waals surface area contributed by atoms with Crippen LogP contribution in [-0.2, 0) is 0 Å². The van der Waals surface area contributed by atoms with Crippen molar-refractivity contribution in [3.05, 3.63) is 50.5 Å². The molecule has 0 aliphatic carbocycles. The van der Waals surface area contributed by atoms with Crippen LogP contribution in [0.3, 0.4) is 0 Å². The summed E-state index contributed by atoms with van der Waals surface area (Å²) in [6.45, 7) is 6.19. The van der Waals surface area contributed by atoms with Crippen LogP contribution in [0.5, 0.6) is 11.6 Å². The van der Waals surface area contributed by atoms with Gasteiger partial charge in [0.1, 0.15) is 10.2 Å². The van der Waals surface area contributed by atoms with E-state index in [0.29, 0.717) is 10.4 Å². The van der Waals surface area contributed by atoms with Crippen molar-refractivity contribution >= 4 is 15.9 Å². The molecule has 1 aromatic carbocycles. The lowest BCUT2D eigenvalue weighted by Gasteiger charge is -2.14. The quantitative estimate of drug-likeness (QED) is 0.936. The van der Waals surface area contributed by atoms with Gasteiger partial charge in [0.25, 0.3) is 5.56 Å². The van der Waals surface area contributed by atoms with E-state index in [9.17, 15) is 4.79 Å².